The normalized spacial score (nSPS) is 12.4. The Morgan fingerprint density at radius 3 is 2.27 bits per heavy atom. The number of alkyl carbamates (subject to hydrolysis) is 1. The molecule has 0 saturated heterocycles. The van der Waals surface area contributed by atoms with Crippen LogP contribution in [0.3, 0.4) is 0 Å². The van der Waals surface area contributed by atoms with Crippen molar-refractivity contribution >= 4 is 29.4 Å². The van der Waals surface area contributed by atoms with Crippen LogP contribution in [-0.2, 0) is 16.0 Å². The summed E-state index contributed by atoms with van der Waals surface area (Å²) >= 11 is 5.95. The monoisotopic (exact) mass is 388 g/mol. The van der Waals surface area contributed by atoms with Crippen LogP contribution < -0.4 is 5.32 Å². The lowest BCUT2D eigenvalue weighted by atomic mass is 9.96. The number of carbonyl (C=O) groups excluding carboxylic acids is 1. The van der Waals surface area contributed by atoms with E-state index in [0.29, 0.717) is 0 Å². The summed E-state index contributed by atoms with van der Waals surface area (Å²) in [6.07, 6.45) is -1.37. The van der Waals surface area contributed by atoms with Gasteiger partial charge in [0.1, 0.15) is 17.4 Å². The number of phenols is 1. The summed E-state index contributed by atoms with van der Waals surface area (Å²) in [6, 6.07) is -1.48. The minimum absolute atomic E-state index is 0.0317. The van der Waals surface area contributed by atoms with Crippen LogP contribution in [0.5, 0.6) is 5.75 Å². The number of ether oxygens (including phenoxy) is 1. The number of aliphatic carboxylic acids is 1. The molecule has 0 aliphatic carbocycles. The Balaban J connectivity index is 3.27. The number of carboxylic acids is 1. The van der Waals surface area contributed by atoms with Gasteiger partial charge in [0.05, 0.1) is 9.95 Å². The van der Waals surface area contributed by atoms with Gasteiger partial charge in [-0.15, -0.1) is 0 Å². The van der Waals surface area contributed by atoms with E-state index in [9.17, 15) is 29.9 Å². The Hall–Kier alpha value is -2.55. The first-order chi connectivity index (χ1) is 11.8. The zero-order chi connectivity index (χ0) is 20.4. The molecule has 3 N–H and O–H groups in total. The van der Waals surface area contributed by atoms with Crippen molar-refractivity contribution in [3.8, 4) is 5.75 Å². The van der Waals surface area contributed by atoms with E-state index in [-0.39, 0.29) is 27.4 Å². The lowest BCUT2D eigenvalue weighted by Crippen LogP contribution is -2.44. The fourth-order valence-electron chi connectivity index (χ4n) is 2.39. The zero-order valence-corrected chi connectivity index (χ0v) is 15.8. The molecule has 0 heterocycles. The third-order valence-electron chi connectivity index (χ3n) is 3.57. The lowest BCUT2D eigenvalue weighted by molar-refractivity contribution is -0.386. The van der Waals surface area contributed by atoms with Crippen molar-refractivity contribution in [1.82, 2.24) is 5.32 Å². The maximum atomic E-state index is 11.8. The zero-order valence-electron chi connectivity index (χ0n) is 15.0. The van der Waals surface area contributed by atoms with Crippen LogP contribution in [0.15, 0.2) is 0 Å². The number of halogens is 1. The number of aromatic hydroxyl groups is 1. The maximum Gasteiger partial charge on any atom is 0.408 e. The summed E-state index contributed by atoms with van der Waals surface area (Å²) in [5, 5.41) is 32.8. The Kier molecular flexibility index (Phi) is 6.43. The van der Waals surface area contributed by atoms with Crippen LogP contribution >= 0.6 is 11.6 Å². The molecular weight excluding hydrogens is 368 g/mol. The van der Waals surface area contributed by atoms with Crippen LogP contribution in [0, 0.1) is 24.0 Å². The van der Waals surface area contributed by atoms with Crippen molar-refractivity contribution in [3.63, 3.8) is 0 Å². The Bertz CT molecular complexity index is 756. The van der Waals surface area contributed by atoms with E-state index in [1.165, 1.54) is 13.8 Å². The standard InChI is InChI=1S/C16H21ClN2O7/c1-7-9(13(20)11(17)8(2)12(7)19(24)25)6-10(14(21)22)18-15(23)26-16(3,4)5/h10,20H,6H2,1-5H3,(H,18,23)(H,21,22). The van der Waals surface area contributed by atoms with Gasteiger partial charge in [-0.3, -0.25) is 10.1 Å². The number of carboxylic acid groups (broad SMARTS) is 1. The number of phenolic OH excluding ortho intramolecular Hbond substituents is 1. The smallest absolute Gasteiger partial charge is 0.408 e. The van der Waals surface area contributed by atoms with E-state index in [1.807, 2.05) is 0 Å². The topological polar surface area (TPSA) is 139 Å². The summed E-state index contributed by atoms with van der Waals surface area (Å²) in [5.74, 6) is -1.85. The van der Waals surface area contributed by atoms with Crippen molar-refractivity contribution < 1.29 is 29.5 Å². The van der Waals surface area contributed by atoms with Gasteiger partial charge in [0.2, 0.25) is 0 Å². The molecule has 0 fully saturated rings. The number of nitrogens with zero attached hydrogens (tertiary/aromatic N) is 1. The predicted octanol–water partition coefficient (Wildman–Crippen LogP) is 3.09. The van der Waals surface area contributed by atoms with Crippen LogP contribution in [0.4, 0.5) is 10.5 Å². The predicted molar refractivity (Wildman–Crippen MR) is 93.7 cm³/mol. The van der Waals surface area contributed by atoms with Crippen LogP contribution in [0.2, 0.25) is 5.02 Å². The fourth-order valence-corrected chi connectivity index (χ4v) is 2.60. The Morgan fingerprint density at radius 1 is 1.31 bits per heavy atom. The molecule has 0 saturated carbocycles. The molecule has 1 aromatic rings. The summed E-state index contributed by atoms with van der Waals surface area (Å²) in [4.78, 5) is 33.9. The summed E-state index contributed by atoms with van der Waals surface area (Å²) in [5.41, 5.74) is -1.04. The van der Waals surface area contributed by atoms with Crippen molar-refractivity contribution in [1.29, 1.82) is 0 Å². The number of hydrogen-bond donors (Lipinski definition) is 3. The quantitative estimate of drug-likeness (QED) is 0.520. The molecule has 1 atom stereocenters. The number of amides is 1. The number of benzene rings is 1. The first kappa shape index (κ1) is 21.5. The number of nitro benzene ring substituents is 1. The first-order valence-electron chi connectivity index (χ1n) is 7.63. The van der Waals surface area contributed by atoms with Gasteiger partial charge < -0.3 is 20.3 Å². The van der Waals surface area contributed by atoms with Crippen molar-refractivity contribution in [2.75, 3.05) is 0 Å². The molecule has 1 amide bonds. The number of rotatable bonds is 5. The molecule has 26 heavy (non-hydrogen) atoms. The molecule has 1 rings (SSSR count). The van der Waals surface area contributed by atoms with E-state index in [2.05, 4.69) is 5.32 Å². The number of nitro groups is 1. The van der Waals surface area contributed by atoms with Crippen LogP contribution in [0.1, 0.15) is 37.5 Å². The molecule has 1 unspecified atom stereocenters. The van der Waals surface area contributed by atoms with Gasteiger partial charge in [0, 0.05) is 23.1 Å². The first-order valence-corrected chi connectivity index (χ1v) is 8.01. The second-order valence-corrected chi connectivity index (χ2v) is 7.12. The second-order valence-electron chi connectivity index (χ2n) is 6.74. The molecule has 1 aromatic carbocycles. The highest BCUT2D eigenvalue weighted by Gasteiger charge is 2.30. The Labute approximate surface area is 155 Å². The minimum Gasteiger partial charge on any atom is -0.506 e. The number of nitrogens with one attached hydrogen (secondary N) is 1. The van der Waals surface area contributed by atoms with E-state index in [1.54, 1.807) is 20.8 Å². The second kappa shape index (κ2) is 7.77. The van der Waals surface area contributed by atoms with E-state index >= 15 is 0 Å². The summed E-state index contributed by atoms with van der Waals surface area (Å²) in [7, 11) is 0. The molecule has 9 nitrogen and oxygen atoms in total. The third-order valence-corrected chi connectivity index (χ3v) is 4.03. The molecule has 0 aromatic heterocycles. The highest BCUT2D eigenvalue weighted by molar-refractivity contribution is 6.33. The number of carbonyl (C=O) groups is 2. The van der Waals surface area contributed by atoms with Gasteiger partial charge in [-0.1, -0.05) is 11.6 Å². The van der Waals surface area contributed by atoms with Gasteiger partial charge in [-0.2, -0.15) is 0 Å². The van der Waals surface area contributed by atoms with E-state index < -0.39 is 40.8 Å². The fraction of sp³-hybridized carbons (Fsp3) is 0.500. The highest BCUT2D eigenvalue weighted by atomic mass is 35.5. The van der Waals surface area contributed by atoms with E-state index in [4.69, 9.17) is 16.3 Å². The van der Waals surface area contributed by atoms with E-state index in [0.717, 1.165) is 0 Å². The lowest BCUT2D eigenvalue weighted by Gasteiger charge is -2.22. The van der Waals surface area contributed by atoms with Gasteiger partial charge in [-0.25, -0.2) is 9.59 Å². The average Bonchev–Trinajstić information content (AvgIpc) is 2.45. The van der Waals surface area contributed by atoms with Gasteiger partial charge in [0.25, 0.3) is 5.69 Å². The van der Waals surface area contributed by atoms with Crippen LogP contribution in [0.25, 0.3) is 0 Å². The highest BCUT2D eigenvalue weighted by Crippen LogP contribution is 2.40. The molecule has 0 aliphatic rings. The SMILES string of the molecule is Cc1c(Cl)c(O)c(CC(NC(=O)OC(C)(C)C)C(=O)O)c(C)c1[N+](=O)[O-]. The largest absolute Gasteiger partial charge is 0.506 e. The molecule has 144 valence electrons. The third kappa shape index (κ3) is 4.98. The molecule has 10 heteroatoms. The molecule has 0 bridgehead atoms. The molecule has 0 aliphatic heterocycles. The Morgan fingerprint density at radius 2 is 1.85 bits per heavy atom. The molecule has 0 radical (unpaired) electrons. The molecule has 0 spiro atoms. The summed E-state index contributed by atoms with van der Waals surface area (Å²) < 4.78 is 5.01. The maximum absolute atomic E-state index is 11.8. The average molecular weight is 389 g/mol. The van der Waals surface area contributed by atoms with Crippen molar-refractivity contribution in [2.24, 2.45) is 0 Å². The van der Waals surface area contributed by atoms with Crippen molar-refractivity contribution in [3.05, 3.63) is 31.8 Å². The van der Waals surface area contributed by atoms with Crippen molar-refractivity contribution in [2.45, 2.75) is 52.7 Å². The number of hydrogen-bond acceptors (Lipinski definition) is 6. The van der Waals surface area contributed by atoms with Gasteiger partial charge >= 0.3 is 12.1 Å². The van der Waals surface area contributed by atoms with Gasteiger partial charge in [0.15, 0.2) is 0 Å². The minimum atomic E-state index is -1.48. The summed E-state index contributed by atoms with van der Waals surface area (Å²) in [6.45, 7) is 7.60. The van der Waals surface area contributed by atoms with Gasteiger partial charge in [-0.05, 0) is 34.6 Å². The van der Waals surface area contributed by atoms with Crippen LogP contribution in [-0.4, -0.2) is 38.8 Å². The molecular formula is C16H21ClN2O7.